The Balaban J connectivity index is 1.78. The minimum Gasteiger partial charge on any atom is -0.393 e. The minimum atomic E-state index is -0.646. The molecular formula is C28H46O4. The van der Waals surface area contributed by atoms with Crippen molar-refractivity contribution in [3.05, 3.63) is 35.5 Å². The Morgan fingerprint density at radius 2 is 1.94 bits per heavy atom. The first kappa shape index (κ1) is 25.7. The van der Waals surface area contributed by atoms with Gasteiger partial charge in [0.15, 0.2) is 0 Å². The van der Waals surface area contributed by atoms with Crippen molar-refractivity contribution >= 4 is 0 Å². The summed E-state index contributed by atoms with van der Waals surface area (Å²) >= 11 is 0. The first-order valence-corrected chi connectivity index (χ1v) is 12.6. The molecule has 0 unspecified atom stereocenters. The molecule has 3 rings (SSSR count). The smallest absolute Gasteiger partial charge is 0.0811 e. The van der Waals surface area contributed by atoms with Crippen LogP contribution in [-0.2, 0) is 4.74 Å². The van der Waals surface area contributed by atoms with Gasteiger partial charge in [-0.25, -0.2) is 0 Å². The molecule has 32 heavy (non-hydrogen) atoms. The average molecular weight is 447 g/mol. The second-order valence-electron chi connectivity index (χ2n) is 11.8. The van der Waals surface area contributed by atoms with Crippen LogP contribution >= 0.6 is 0 Å². The van der Waals surface area contributed by atoms with Crippen LogP contribution in [0.5, 0.6) is 0 Å². The van der Waals surface area contributed by atoms with Crippen LogP contribution in [0.2, 0.25) is 0 Å². The molecule has 0 aromatic heterocycles. The lowest BCUT2D eigenvalue weighted by molar-refractivity contribution is -0.00820. The van der Waals surface area contributed by atoms with E-state index in [-0.39, 0.29) is 11.5 Å². The van der Waals surface area contributed by atoms with Crippen LogP contribution < -0.4 is 0 Å². The maximum Gasteiger partial charge on any atom is 0.0811 e. The Labute approximate surface area is 195 Å². The molecule has 0 amide bonds. The van der Waals surface area contributed by atoms with Crippen LogP contribution in [0.3, 0.4) is 0 Å². The lowest BCUT2D eigenvalue weighted by Gasteiger charge is -2.47. The van der Waals surface area contributed by atoms with E-state index in [0.717, 1.165) is 43.3 Å². The average Bonchev–Trinajstić information content (AvgIpc) is 3.05. The topological polar surface area (TPSA) is 69.9 Å². The molecule has 3 fully saturated rings. The fraction of sp³-hybridized carbons (Fsp3) is 0.786. The first-order valence-electron chi connectivity index (χ1n) is 12.6. The van der Waals surface area contributed by atoms with Gasteiger partial charge in [-0.05, 0) is 86.7 Å². The monoisotopic (exact) mass is 446 g/mol. The molecule has 182 valence electrons. The Morgan fingerprint density at radius 3 is 2.59 bits per heavy atom. The summed E-state index contributed by atoms with van der Waals surface area (Å²) in [6.45, 7) is 12.7. The van der Waals surface area contributed by atoms with E-state index >= 15 is 0 Å². The van der Waals surface area contributed by atoms with E-state index in [1.54, 1.807) is 0 Å². The number of aliphatic hydroxyl groups excluding tert-OH is 2. The van der Waals surface area contributed by atoms with E-state index < -0.39 is 17.8 Å². The lowest BCUT2D eigenvalue weighted by Crippen LogP contribution is -2.41. The van der Waals surface area contributed by atoms with Gasteiger partial charge in [-0.3, -0.25) is 0 Å². The van der Waals surface area contributed by atoms with Gasteiger partial charge in [-0.1, -0.05) is 51.0 Å². The fourth-order valence-electron chi connectivity index (χ4n) is 6.94. The van der Waals surface area contributed by atoms with Gasteiger partial charge in [0.25, 0.3) is 0 Å². The predicted molar refractivity (Wildman–Crippen MR) is 130 cm³/mol. The molecule has 3 N–H and O–H groups in total. The number of methoxy groups -OCH3 is 1. The van der Waals surface area contributed by atoms with Gasteiger partial charge in [0.1, 0.15) is 0 Å². The van der Waals surface area contributed by atoms with E-state index in [4.69, 9.17) is 4.74 Å². The van der Waals surface area contributed by atoms with Gasteiger partial charge >= 0.3 is 0 Å². The highest BCUT2D eigenvalue weighted by atomic mass is 16.5. The summed E-state index contributed by atoms with van der Waals surface area (Å²) < 4.78 is 5.90. The maximum atomic E-state index is 10.2. The van der Waals surface area contributed by atoms with Gasteiger partial charge in [0.05, 0.1) is 23.9 Å². The molecule has 0 radical (unpaired) electrons. The molecule has 3 saturated carbocycles. The number of hydrogen-bond donors (Lipinski definition) is 3. The van der Waals surface area contributed by atoms with Gasteiger partial charge in [-0.2, -0.15) is 0 Å². The van der Waals surface area contributed by atoms with Crippen molar-refractivity contribution in [2.24, 2.45) is 23.2 Å². The molecule has 0 bridgehead atoms. The largest absolute Gasteiger partial charge is 0.393 e. The molecule has 4 heteroatoms. The standard InChI is InChI=1S/C28H46O4/c1-18(8-7-13-27(3,4)31)24-11-12-25-21(15-23(32-6)17-28(24,25)5)10-9-20-14-22(29)16-26(30)19(20)2/h9-10,18,22-26,29-31H,2,7-8,11-17H2,1,3-6H3/b20-9-,21-10+/t18-,22-,23-,24-,25+,26+,28-/m1/s1. The zero-order valence-electron chi connectivity index (χ0n) is 20.9. The van der Waals surface area contributed by atoms with Crippen LogP contribution in [0, 0.1) is 23.2 Å². The second-order valence-corrected chi connectivity index (χ2v) is 11.8. The zero-order valence-corrected chi connectivity index (χ0v) is 20.9. The molecule has 0 heterocycles. The Hall–Kier alpha value is -0.940. The Morgan fingerprint density at radius 1 is 1.22 bits per heavy atom. The van der Waals surface area contributed by atoms with Crippen LogP contribution in [0.4, 0.5) is 0 Å². The summed E-state index contributed by atoms with van der Waals surface area (Å²) in [6.07, 6.45) is 12.0. The summed E-state index contributed by atoms with van der Waals surface area (Å²) in [4.78, 5) is 0. The number of fused-ring (bicyclic) bond motifs is 1. The number of rotatable bonds is 7. The van der Waals surface area contributed by atoms with Crippen LogP contribution in [0.25, 0.3) is 0 Å². The second kappa shape index (κ2) is 10.1. The molecule has 0 aromatic rings. The molecule has 7 atom stereocenters. The van der Waals surface area contributed by atoms with Crippen molar-refractivity contribution in [3.8, 4) is 0 Å². The highest BCUT2D eigenvalue weighted by Crippen LogP contribution is 2.60. The van der Waals surface area contributed by atoms with Crippen LogP contribution in [0.15, 0.2) is 35.5 Å². The number of aliphatic hydroxyl groups is 3. The summed E-state index contributed by atoms with van der Waals surface area (Å²) in [5, 5.41) is 30.4. The van der Waals surface area contributed by atoms with E-state index in [9.17, 15) is 15.3 Å². The third-order valence-corrected chi connectivity index (χ3v) is 8.72. The summed E-state index contributed by atoms with van der Waals surface area (Å²) in [7, 11) is 1.83. The van der Waals surface area contributed by atoms with Crippen molar-refractivity contribution in [1.29, 1.82) is 0 Å². The number of hydrogen-bond acceptors (Lipinski definition) is 4. The summed E-state index contributed by atoms with van der Waals surface area (Å²) in [6, 6.07) is 0. The van der Waals surface area contributed by atoms with Crippen molar-refractivity contribution in [2.45, 2.75) is 109 Å². The Bertz CT molecular complexity index is 730. The fourth-order valence-corrected chi connectivity index (χ4v) is 6.94. The Kier molecular flexibility index (Phi) is 8.13. The zero-order chi connectivity index (χ0) is 23.7. The predicted octanol–water partition coefficient (Wildman–Crippen LogP) is 5.33. The van der Waals surface area contributed by atoms with Gasteiger partial charge in [0.2, 0.25) is 0 Å². The minimum absolute atomic E-state index is 0.222. The van der Waals surface area contributed by atoms with E-state index in [1.165, 1.54) is 18.4 Å². The van der Waals surface area contributed by atoms with Crippen molar-refractivity contribution in [2.75, 3.05) is 7.11 Å². The number of ether oxygens (including phenoxy) is 1. The normalized spacial score (nSPS) is 39.5. The summed E-state index contributed by atoms with van der Waals surface area (Å²) in [5.74, 6) is 1.85. The maximum absolute atomic E-state index is 10.2. The van der Waals surface area contributed by atoms with E-state index in [1.807, 2.05) is 21.0 Å². The molecule has 0 spiro atoms. The molecule has 3 aliphatic rings. The van der Waals surface area contributed by atoms with Gasteiger partial charge < -0.3 is 20.1 Å². The van der Waals surface area contributed by atoms with Crippen LogP contribution in [0.1, 0.15) is 85.5 Å². The quantitative estimate of drug-likeness (QED) is 0.494. The van der Waals surface area contributed by atoms with Gasteiger partial charge in [-0.15, -0.1) is 0 Å². The molecule has 0 aliphatic heterocycles. The third-order valence-electron chi connectivity index (χ3n) is 8.72. The molecule has 0 saturated heterocycles. The summed E-state index contributed by atoms with van der Waals surface area (Å²) in [5.41, 5.74) is 2.81. The molecule has 4 nitrogen and oxygen atoms in total. The van der Waals surface area contributed by atoms with Crippen molar-refractivity contribution in [1.82, 2.24) is 0 Å². The van der Waals surface area contributed by atoms with E-state index in [0.29, 0.717) is 30.6 Å². The molecule has 3 aliphatic carbocycles. The van der Waals surface area contributed by atoms with Crippen LogP contribution in [-0.4, -0.2) is 46.3 Å². The van der Waals surface area contributed by atoms with E-state index in [2.05, 4.69) is 32.6 Å². The van der Waals surface area contributed by atoms with Crippen molar-refractivity contribution in [3.63, 3.8) is 0 Å². The molecule has 0 aromatic carbocycles. The highest BCUT2D eigenvalue weighted by Gasteiger charge is 2.52. The van der Waals surface area contributed by atoms with Gasteiger partial charge in [0, 0.05) is 13.5 Å². The third kappa shape index (κ3) is 5.75. The molecular weight excluding hydrogens is 400 g/mol. The van der Waals surface area contributed by atoms with Crippen molar-refractivity contribution < 1.29 is 20.1 Å². The lowest BCUT2D eigenvalue weighted by atomic mass is 9.60. The highest BCUT2D eigenvalue weighted by molar-refractivity contribution is 5.39. The first-order chi connectivity index (χ1) is 14.9. The SMILES string of the molecule is C=C1/C(=C\C=C2/C[C@@H](OC)C[C@]3(C)[C@@H]([C@H](C)CCCC(C)(C)O)CC[C@@H]23)C[C@@H](O)C[C@@H]1O. The number of allylic oxidation sites excluding steroid dienone is 2.